The van der Waals surface area contributed by atoms with E-state index >= 15 is 0 Å². The zero-order chi connectivity index (χ0) is 26.5. The van der Waals surface area contributed by atoms with Gasteiger partial charge < -0.3 is 19.5 Å². The van der Waals surface area contributed by atoms with Gasteiger partial charge in [-0.15, -0.1) is 0 Å². The number of carbonyl (C=O) groups is 1. The second kappa shape index (κ2) is 11.0. The van der Waals surface area contributed by atoms with Gasteiger partial charge in [-0.3, -0.25) is 9.52 Å². The van der Waals surface area contributed by atoms with Crippen molar-refractivity contribution in [1.82, 2.24) is 0 Å². The Morgan fingerprint density at radius 1 is 0.917 bits per heavy atom. The molecule has 1 amide bonds. The Hall–Kier alpha value is -3.64. The van der Waals surface area contributed by atoms with Crippen molar-refractivity contribution in [3.8, 4) is 17.2 Å². The van der Waals surface area contributed by atoms with E-state index < -0.39 is 34.3 Å². The molecule has 0 bridgehead atoms. The van der Waals surface area contributed by atoms with Crippen LogP contribution in [-0.4, -0.2) is 35.2 Å². The van der Waals surface area contributed by atoms with E-state index in [4.69, 9.17) is 25.8 Å². The van der Waals surface area contributed by atoms with Gasteiger partial charge in [0.2, 0.25) is 0 Å². The van der Waals surface area contributed by atoms with Crippen molar-refractivity contribution in [2.75, 3.05) is 30.9 Å². The van der Waals surface area contributed by atoms with Crippen molar-refractivity contribution in [1.29, 1.82) is 0 Å². The van der Waals surface area contributed by atoms with E-state index in [1.165, 1.54) is 26.4 Å². The maximum atomic E-state index is 12.9. The number of ether oxygens (including phenoxy) is 3. The van der Waals surface area contributed by atoms with Crippen LogP contribution in [-0.2, 0) is 21.0 Å². The molecule has 13 heteroatoms. The highest BCUT2D eigenvalue weighted by Crippen LogP contribution is 2.33. The van der Waals surface area contributed by atoms with Crippen LogP contribution in [0.4, 0.5) is 24.5 Å². The summed E-state index contributed by atoms with van der Waals surface area (Å²) in [6.07, 6.45) is -4.63. The number of alkyl halides is 3. The number of halogens is 4. The standard InChI is InChI=1S/C23H20ClF3N2O6S/c1-33-20-8-6-15(11-21(20)34-2)28-22(30)13-35-19-9-7-17(12-18(19)24)36(31,32)29-16-5-3-4-14(10-16)23(25,26)27/h3-12,29H,13H2,1-2H3,(H,28,30). The van der Waals surface area contributed by atoms with Crippen molar-refractivity contribution >= 4 is 38.9 Å². The number of anilines is 2. The van der Waals surface area contributed by atoms with Crippen molar-refractivity contribution in [3.05, 3.63) is 71.2 Å². The molecule has 0 fully saturated rings. The van der Waals surface area contributed by atoms with Crippen LogP contribution in [0.2, 0.25) is 5.02 Å². The number of carbonyl (C=O) groups excluding carboxylic acids is 1. The first-order chi connectivity index (χ1) is 16.9. The van der Waals surface area contributed by atoms with Gasteiger partial charge in [-0.25, -0.2) is 8.42 Å². The van der Waals surface area contributed by atoms with Gasteiger partial charge in [0.25, 0.3) is 15.9 Å². The molecule has 3 aromatic carbocycles. The first kappa shape index (κ1) is 27.0. The summed E-state index contributed by atoms with van der Waals surface area (Å²) in [5.41, 5.74) is -0.849. The second-order valence-corrected chi connectivity index (χ2v) is 9.27. The van der Waals surface area contributed by atoms with Gasteiger partial charge in [0.05, 0.1) is 29.7 Å². The summed E-state index contributed by atoms with van der Waals surface area (Å²) in [6, 6.07) is 12.0. The van der Waals surface area contributed by atoms with Crippen LogP contribution >= 0.6 is 11.6 Å². The molecule has 0 aromatic heterocycles. The predicted molar refractivity (Wildman–Crippen MR) is 127 cm³/mol. The molecular weight excluding hydrogens is 525 g/mol. The molecule has 0 aliphatic heterocycles. The van der Waals surface area contributed by atoms with Gasteiger partial charge in [0, 0.05) is 17.4 Å². The lowest BCUT2D eigenvalue weighted by molar-refractivity contribution is -0.137. The first-order valence-corrected chi connectivity index (χ1v) is 11.9. The molecule has 192 valence electrons. The molecule has 0 spiro atoms. The molecule has 36 heavy (non-hydrogen) atoms. The largest absolute Gasteiger partial charge is 0.493 e. The van der Waals surface area contributed by atoms with Crippen LogP contribution in [0.25, 0.3) is 0 Å². The summed E-state index contributed by atoms with van der Waals surface area (Å²) in [7, 11) is -1.33. The van der Waals surface area contributed by atoms with Gasteiger partial charge in [0.15, 0.2) is 18.1 Å². The van der Waals surface area contributed by atoms with E-state index in [9.17, 15) is 26.4 Å². The average Bonchev–Trinajstić information content (AvgIpc) is 2.82. The smallest absolute Gasteiger partial charge is 0.416 e. The summed E-state index contributed by atoms with van der Waals surface area (Å²) in [6.45, 7) is -0.442. The van der Waals surface area contributed by atoms with Gasteiger partial charge >= 0.3 is 6.18 Å². The molecule has 0 saturated heterocycles. The molecule has 0 aliphatic carbocycles. The van der Waals surface area contributed by atoms with Crippen LogP contribution in [0.5, 0.6) is 17.2 Å². The van der Waals surface area contributed by atoms with E-state index in [-0.39, 0.29) is 21.4 Å². The van der Waals surface area contributed by atoms with E-state index in [1.807, 2.05) is 0 Å². The highest BCUT2D eigenvalue weighted by atomic mass is 35.5. The Morgan fingerprint density at radius 2 is 1.61 bits per heavy atom. The quantitative estimate of drug-likeness (QED) is 0.384. The van der Waals surface area contributed by atoms with E-state index in [2.05, 4.69) is 10.0 Å². The van der Waals surface area contributed by atoms with Crippen molar-refractivity contribution in [3.63, 3.8) is 0 Å². The zero-order valence-electron chi connectivity index (χ0n) is 18.9. The van der Waals surface area contributed by atoms with Crippen LogP contribution in [0.15, 0.2) is 65.6 Å². The number of amides is 1. The molecule has 2 N–H and O–H groups in total. The zero-order valence-corrected chi connectivity index (χ0v) is 20.4. The Morgan fingerprint density at radius 3 is 2.25 bits per heavy atom. The molecular formula is C23H20ClF3N2O6S. The Balaban J connectivity index is 1.66. The van der Waals surface area contributed by atoms with E-state index in [0.29, 0.717) is 23.3 Å². The molecule has 0 unspecified atom stereocenters. The monoisotopic (exact) mass is 544 g/mol. The number of hydrogen-bond acceptors (Lipinski definition) is 6. The lowest BCUT2D eigenvalue weighted by Crippen LogP contribution is -2.20. The third kappa shape index (κ3) is 6.73. The maximum absolute atomic E-state index is 12.9. The van der Waals surface area contributed by atoms with Gasteiger partial charge in [-0.05, 0) is 48.5 Å². The van der Waals surface area contributed by atoms with Crippen molar-refractivity contribution in [2.45, 2.75) is 11.1 Å². The number of sulfonamides is 1. The fraction of sp³-hybridized carbons (Fsp3) is 0.174. The molecule has 3 aromatic rings. The fourth-order valence-corrected chi connectivity index (χ4v) is 4.37. The SMILES string of the molecule is COc1ccc(NC(=O)COc2ccc(S(=O)(=O)Nc3cccc(C(F)(F)F)c3)cc2Cl)cc1OC. The van der Waals surface area contributed by atoms with E-state index in [1.54, 1.807) is 18.2 Å². The topological polar surface area (TPSA) is 103 Å². The Bertz CT molecular complexity index is 1370. The lowest BCUT2D eigenvalue weighted by Gasteiger charge is -2.13. The molecule has 0 radical (unpaired) electrons. The maximum Gasteiger partial charge on any atom is 0.416 e. The molecule has 0 heterocycles. The number of rotatable bonds is 9. The summed E-state index contributed by atoms with van der Waals surface area (Å²) in [5.74, 6) is 0.393. The Kier molecular flexibility index (Phi) is 8.21. The van der Waals surface area contributed by atoms with Gasteiger partial charge in [-0.2, -0.15) is 13.2 Å². The fourth-order valence-electron chi connectivity index (χ4n) is 2.99. The molecule has 0 atom stereocenters. The predicted octanol–water partition coefficient (Wildman–Crippen LogP) is 5.19. The summed E-state index contributed by atoms with van der Waals surface area (Å²) >= 11 is 6.11. The van der Waals surface area contributed by atoms with Crippen molar-refractivity contribution in [2.24, 2.45) is 0 Å². The van der Waals surface area contributed by atoms with Gasteiger partial charge in [0.1, 0.15) is 5.75 Å². The van der Waals surface area contributed by atoms with Crippen LogP contribution in [0.3, 0.4) is 0 Å². The van der Waals surface area contributed by atoms with E-state index in [0.717, 1.165) is 24.3 Å². The highest BCUT2D eigenvalue weighted by molar-refractivity contribution is 7.92. The number of methoxy groups -OCH3 is 2. The highest BCUT2D eigenvalue weighted by Gasteiger charge is 2.30. The van der Waals surface area contributed by atoms with Crippen LogP contribution in [0.1, 0.15) is 5.56 Å². The molecule has 3 rings (SSSR count). The normalized spacial score (nSPS) is 11.5. The average molecular weight is 545 g/mol. The number of benzene rings is 3. The third-order valence-electron chi connectivity index (χ3n) is 4.68. The number of nitrogens with one attached hydrogen (secondary N) is 2. The molecule has 0 saturated carbocycles. The number of hydrogen-bond donors (Lipinski definition) is 2. The van der Waals surface area contributed by atoms with Crippen LogP contribution in [0, 0.1) is 0 Å². The van der Waals surface area contributed by atoms with Crippen molar-refractivity contribution < 1.29 is 40.6 Å². The molecule has 8 nitrogen and oxygen atoms in total. The summed E-state index contributed by atoms with van der Waals surface area (Å²) in [5, 5.41) is 2.48. The third-order valence-corrected chi connectivity index (χ3v) is 6.36. The minimum atomic E-state index is -4.63. The minimum Gasteiger partial charge on any atom is -0.493 e. The van der Waals surface area contributed by atoms with Gasteiger partial charge in [-0.1, -0.05) is 17.7 Å². The lowest BCUT2D eigenvalue weighted by atomic mass is 10.2. The minimum absolute atomic E-state index is 0.0251. The molecule has 0 aliphatic rings. The first-order valence-electron chi connectivity index (χ1n) is 10.1. The summed E-state index contributed by atoms with van der Waals surface area (Å²) in [4.78, 5) is 11.9. The summed E-state index contributed by atoms with van der Waals surface area (Å²) < 4.78 is 81.7. The van der Waals surface area contributed by atoms with Crippen LogP contribution < -0.4 is 24.2 Å². The second-order valence-electron chi connectivity index (χ2n) is 7.18. The Labute approximate surface area is 210 Å².